The third kappa shape index (κ3) is 2.14. The fourth-order valence-electron chi connectivity index (χ4n) is 1.88. The van der Waals surface area contributed by atoms with Crippen LogP contribution in [0, 0.1) is 5.82 Å². The second kappa shape index (κ2) is 4.51. The Labute approximate surface area is 107 Å². The molecule has 3 nitrogen and oxygen atoms in total. The number of aliphatic hydroxyl groups excluding tert-OH is 1. The molecular weight excluding hydrogens is 251 g/mol. The zero-order chi connectivity index (χ0) is 12.5. The van der Waals surface area contributed by atoms with E-state index in [1.165, 1.54) is 12.1 Å². The number of benzene rings is 1. The summed E-state index contributed by atoms with van der Waals surface area (Å²) in [6, 6.07) is 5.89. The Kier molecular flexibility index (Phi) is 2.85. The van der Waals surface area contributed by atoms with Crippen LogP contribution in [-0.4, -0.2) is 14.5 Å². The summed E-state index contributed by atoms with van der Waals surface area (Å²) in [5.41, 5.74) is 1.53. The Balaban J connectivity index is 1.79. The monoisotopic (exact) mass is 262 g/mol. The molecule has 3 rings (SSSR count). The predicted molar refractivity (Wildman–Crippen MR) is 68.1 cm³/mol. The van der Waals surface area contributed by atoms with E-state index in [2.05, 4.69) is 4.98 Å². The molecule has 2 aromatic heterocycles. The standard InChI is InChI=1S/C13H11FN2OS/c14-10-3-1-9(2-4-10)12(17)7-11-8-16-5-6-18-13(16)15-11/h1-6,8,12,17H,7H2. The molecule has 0 spiro atoms. The van der Waals surface area contributed by atoms with E-state index in [4.69, 9.17) is 0 Å². The zero-order valence-corrected chi connectivity index (χ0v) is 10.3. The van der Waals surface area contributed by atoms with E-state index in [0.29, 0.717) is 12.0 Å². The van der Waals surface area contributed by atoms with Crippen molar-refractivity contribution in [3.8, 4) is 0 Å². The van der Waals surface area contributed by atoms with E-state index in [-0.39, 0.29) is 5.82 Å². The molecular formula is C13H11FN2OS. The van der Waals surface area contributed by atoms with Gasteiger partial charge in [-0.05, 0) is 17.7 Å². The van der Waals surface area contributed by atoms with Crippen molar-refractivity contribution in [2.45, 2.75) is 12.5 Å². The molecule has 0 saturated heterocycles. The maximum Gasteiger partial charge on any atom is 0.193 e. The molecule has 18 heavy (non-hydrogen) atoms. The number of imidazole rings is 1. The summed E-state index contributed by atoms with van der Waals surface area (Å²) in [5.74, 6) is -0.298. The van der Waals surface area contributed by atoms with Crippen molar-refractivity contribution >= 4 is 16.3 Å². The van der Waals surface area contributed by atoms with Gasteiger partial charge in [0.2, 0.25) is 0 Å². The second-order valence-corrected chi connectivity index (χ2v) is 4.97. The lowest BCUT2D eigenvalue weighted by Gasteiger charge is -2.08. The largest absolute Gasteiger partial charge is 0.388 e. The van der Waals surface area contributed by atoms with E-state index in [9.17, 15) is 9.50 Å². The highest BCUT2D eigenvalue weighted by molar-refractivity contribution is 7.15. The lowest BCUT2D eigenvalue weighted by atomic mass is 10.1. The predicted octanol–water partition coefficient (Wildman–Crippen LogP) is 2.81. The van der Waals surface area contributed by atoms with Crippen LogP contribution in [0.15, 0.2) is 42.0 Å². The van der Waals surface area contributed by atoms with Crippen LogP contribution >= 0.6 is 11.3 Å². The van der Waals surface area contributed by atoms with Gasteiger partial charge in [-0.15, -0.1) is 11.3 Å². The molecule has 0 amide bonds. The number of hydrogen-bond donors (Lipinski definition) is 1. The first-order chi connectivity index (χ1) is 8.72. The topological polar surface area (TPSA) is 37.5 Å². The number of thiazole rings is 1. The summed E-state index contributed by atoms with van der Waals surface area (Å²) < 4.78 is 14.7. The molecule has 1 N–H and O–H groups in total. The first-order valence-electron chi connectivity index (χ1n) is 5.57. The highest BCUT2D eigenvalue weighted by Gasteiger charge is 2.11. The Hall–Kier alpha value is -1.72. The SMILES string of the molecule is OC(Cc1cn2ccsc2n1)c1ccc(F)cc1. The quantitative estimate of drug-likeness (QED) is 0.788. The van der Waals surface area contributed by atoms with Gasteiger partial charge in [0.15, 0.2) is 4.96 Å². The van der Waals surface area contributed by atoms with Crippen LogP contribution in [0.2, 0.25) is 0 Å². The van der Waals surface area contributed by atoms with Crippen molar-refractivity contribution < 1.29 is 9.50 Å². The summed E-state index contributed by atoms with van der Waals surface area (Å²) in [6.07, 6.45) is 3.61. The van der Waals surface area contributed by atoms with E-state index in [1.54, 1.807) is 23.5 Å². The summed E-state index contributed by atoms with van der Waals surface area (Å²) >= 11 is 1.55. The van der Waals surface area contributed by atoms with Crippen molar-refractivity contribution in [1.82, 2.24) is 9.38 Å². The van der Waals surface area contributed by atoms with Gasteiger partial charge in [0.1, 0.15) is 5.82 Å². The Morgan fingerprint density at radius 2 is 2.11 bits per heavy atom. The van der Waals surface area contributed by atoms with Crippen LogP contribution in [0.4, 0.5) is 4.39 Å². The minimum Gasteiger partial charge on any atom is -0.388 e. The summed E-state index contributed by atoms with van der Waals surface area (Å²) in [7, 11) is 0. The van der Waals surface area contributed by atoms with Crippen molar-refractivity contribution in [3.05, 3.63) is 59.1 Å². The molecule has 1 unspecified atom stereocenters. The second-order valence-electron chi connectivity index (χ2n) is 4.10. The number of fused-ring (bicyclic) bond motifs is 1. The third-order valence-corrected chi connectivity index (χ3v) is 3.57. The Morgan fingerprint density at radius 3 is 2.83 bits per heavy atom. The number of rotatable bonds is 3. The van der Waals surface area contributed by atoms with Gasteiger partial charge in [0, 0.05) is 24.2 Å². The lowest BCUT2D eigenvalue weighted by molar-refractivity contribution is 0.177. The van der Waals surface area contributed by atoms with Crippen LogP contribution in [0.1, 0.15) is 17.4 Å². The molecule has 0 radical (unpaired) electrons. The van der Waals surface area contributed by atoms with Crippen LogP contribution in [-0.2, 0) is 6.42 Å². The van der Waals surface area contributed by atoms with Gasteiger partial charge in [0.25, 0.3) is 0 Å². The van der Waals surface area contributed by atoms with Gasteiger partial charge >= 0.3 is 0 Å². The first kappa shape index (κ1) is 11.4. The minimum absolute atomic E-state index is 0.298. The highest BCUT2D eigenvalue weighted by atomic mass is 32.1. The fraction of sp³-hybridized carbons (Fsp3) is 0.154. The van der Waals surface area contributed by atoms with Gasteiger partial charge in [-0.3, -0.25) is 4.40 Å². The maximum absolute atomic E-state index is 12.8. The van der Waals surface area contributed by atoms with Crippen molar-refractivity contribution in [2.75, 3.05) is 0 Å². The van der Waals surface area contributed by atoms with Gasteiger partial charge in [-0.1, -0.05) is 12.1 Å². The summed E-state index contributed by atoms with van der Waals surface area (Å²) in [5, 5.41) is 12.0. The molecule has 1 atom stereocenters. The lowest BCUT2D eigenvalue weighted by Crippen LogP contribution is -2.02. The molecule has 0 aliphatic carbocycles. The molecule has 0 fully saturated rings. The molecule has 0 aliphatic heterocycles. The summed E-state index contributed by atoms with van der Waals surface area (Å²) in [6.45, 7) is 0. The van der Waals surface area contributed by atoms with Crippen molar-refractivity contribution in [1.29, 1.82) is 0 Å². The summed E-state index contributed by atoms with van der Waals surface area (Å²) in [4.78, 5) is 5.32. The average molecular weight is 262 g/mol. The fourth-order valence-corrected chi connectivity index (χ4v) is 2.59. The number of hydrogen-bond acceptors (Lipinski definition) is 3. The Bertz CT molecular complexity index is 630. The van der Waals surface area contributed by atoms with E-state index in [0.717, 1.165) is 10.7 Å². The van der Waals surface area contributed by atoms with Gasteiger partial charge in [-0.2, -0.15) is 0 Å². The molecule has 92 valence electrons. The number of halogens is 1. The van der Waals surface area contributed by atoms with Crippen molar-refractivity contribution in [3.63, 3.8) is 0 Å². The van der Waals surface area contributed by atoms with E-state index >= 15 is 0 Å². The van der Waals surface area contributed by atoms with Crippen LogP contribution in [0.3, 0.4) is 0 Å². The first-order valence-corrected chi connectivity index (χ1v) is 6.45. The van der Waals surface area contributed by atoms with Gasteiger partial charge in [-0.25, -0.2) is 9.37 Å². The molecule has 1 aromatic carbocycles. The third-order valence-electron chi connectivity index (χ3n) is 2.80. The number of nitrogens with zero attached hydrogens (tertiary/aromatic N) is 2. The van der Waals surface area contributed by atoms with E-state index < -0.39 is 6.10 Å². The normalized spacial score (nSPS) is 13.0. The van der Waals surface area contributed by atoms with Crippen LogP contribution in [0.25, 0.3) is 4.96 Å². The molecule has 5 heteroatoms. The number of aromatic nitrogens is 2. The average Bonchev–Trinajstić information content (AvgIpc) is 2.90. The van der Waals surface area contributed by atoms with Gasteiger partial charge < -0.3 is 5.11 Å². The molecule has 0 saturated carbocycles. The molecule has 3 aromatic rings. The van der Waals surface area contributed by atoms with Crippen LogP contribution < -0.4 is 0 Å². The number of aliphatic hydroxyl groups is 1. The Morgan fingerprint density at radius 1 is 1.33 bits per heavy atom. The van der Waals surface area contributed by atoms with Gasteiger partial charge in [0.05, 0.1) is 11.8 Å². The maximum atomic E-state index is 12.8. The molecule has 2 heterocycles. The minimum atomic E-state index is -0.657. The smallest absolute Gasteiger partial charge is 0.193 e. The van der Waals surface area contributed by atoms with Crippen LogP contribution in [0.5, 0.6) is 0 Å². The molecule has 0 aliphatic rings. The molecule has 0 bridgehead atoms. The zero-order valence-electron chi connectivity index (χ0n) is 9.45. The van der Waals surface area contributed by atoms with E-state index in [1.807, 2.05) is 22.2 Å². The highest BCUT2D eigenvalue weighted by Crippen LogP contribution is 2.19. The van der Waals surface area contributed by atoms with Crippen molar-refractivity contribution in [2.24, 2.45) is 0 Å².